The fourth-order valence-corrected chi connectivity index (χ4v) is 1.36. The maximum absolute atomic E-state index is 13.1. The zero-order valence-corrected chi connectivity index (χ0v) is 9.64. The van der Waals surface area contributed by atoms with Gasteiger partial charge in [0.1, 0.15) is 12.4 Å². The molecule has 0 aliphatic carbocycles. The van der Waals surface area contributed by atoms with Gasteiger partial charge in [-0.25, -0.2) is 4.39 Å². The highest BCUT2D eigenvalue weighted by molar-refractivity contribution is 6.03. The van der Waals surface area contributed by atoms with E-state index < -0.39 is 11.7 Å². The number of benzene rings is 1. The van der Waals surface area contributed by atoms with Crippen LogP contribution in [0.15, 0.2) is 24.4 Å². The number of rotatable bonds is 2. The molecular formula is C12H9FN4O2. The lowest BCUT2D eigenvalue weighted by Gasteiger charge is -2.05. The molecule has 1 aromatic heterocycles. The Morgan fingerprint density at radius 2 is 2.37 bits per heavy atom. The van der Waals surface area contributed by atoms with Gasteiger partial charge in [-0.1, -0.05) is 11.8 Å². The summed E-state index contributed by atoms with van der Waals surface area (Å²) in [6.07, 6.45) is 1.26. The molecule has 19 heavy (non-hydrogen) atoms. The molecule has 0 unspecified atom stereocenters. The summed E-state index contributed by atoms with van der Waals surface area (Å²) in [5.74, 6) is 3.97. The highest BCUT2D eigenvalue weighted by Gasteiger charge is 2.11. The van der Waals surface area contributed by atoms with Gasteiger partial charge in [0.2, 0.25) is 0 Å². The van der Waals surface area contributed by atoms with Gasteiger partial charge in [0.25, 0.3) is 5.91 Å². The second-order valence-electron chi connectivity index (χ2n) is 3.46. The summed E-state index contributed by atoms with van der Waals surface area (Å²) in [4.78, 5) is 11.8. The molecule has 0 fully saturated rings. The van der Waals surface area contributed by atoms with Gasteiger partial charge in [0.15, 0.2) is 5.69 Å². The van der Waals surface area contributed by atoms with Crippen molar-refractivity contribution in [1.82, 2.24) is 15.4 Å². The molecule has 0 spiro atoms. The topological polar surface area (TPSA) is 90.9 Å². The number of halogens is 1. The van der Waals surface area contributed by atoms with Crippen LogP contribution in [0, 0.1) is 17.7 Å². The monoisotopic (exact) mass is 260 g/mol. The maximum atomic E-state index is 13.1. The van der Waals surface area contributed by atoms with E-state index in [0.29, 0.717) is 5.69 Å². The number of carbonyl (C=O) groups is 1. The van der Waals surface area contributed by atoms with Gasteiger partial charge in [-0.15, -0.1) is 0 Å². The summed E-state index contributed by atoms with van der Waals surface area (Å²) in [6.45, 7) is -0.354. The first-order valence-electron chi connectivity index (χ1n) is 5.27. The third-order valence-electron chi connectivity index (χ3n) is 2.18. The maximum Gasteiger partial charge on any atom is 0.277 e. The summed E-state index contributed by atoms with van der Waals surface area (Å²) in [7, 11) is 0. The molecule has 0 aliphatic heterocycles. The fraction of sp³-hybridized carbons (Fsp3) is 0.0833. The molecule has 0 bridgehead atoms. The van der Waals surface area contributed by atoms with E-state index in [2.05, 4.69) is 32.6 Å². The number of aliphatic hydroxyl groups excluding tert-OH is 1. The summed E-state index contributed by atoms with van der Waals surface area (Å²) >= 11 is 0. The van der Waals surface area contributed by atoms with Gasteiger partial charge < -0.3 is 10.4 Å². The summed E-state index contributed by atoms with van der Waals surface area (Å²) in [5.41, 5.74) is 0.701. The molecule has 96 valence electrons. The van der Waals surface area contributed by atoms with Crippen molar-refractivity contribution >= 4 is 11.6 Å². The highest BCUT2D eigenvalue weighted by Crippen LogP contribution is 2.16. The minimum Gasteiger partial charge on any atom is -0.384 e. The van der Waals surface area contributed by atoms with Crippen LogP contribution in [0.3, 0.4) is 0 Å². The van der Waals surface area contributed by atoms with Crippen LogP contribution in [-0.4, -0.2) is 33.0 Å². The lowest BCUT2D eigenvalue weighted by Crippen LogP contribution is -2.13. The lowest BCUT2D eigenvalue weighted by atomic mass is 10.1. The average Bonchev–Trinajstić information content (AvgIpc) is 2.93. The minimum absolute atomic E-state index is 0.102. The first-order chi connectivity index (χ1) is 9.20. The number of nitrogens with one attached hydrogen (secondary N) is 2. The summed E-state index contributed by atoms with van der Waals surface area (Å²) in [6, 6.07) is 3.75. The Bertz CT molecular complexity index is 643. The first kappa shape index (κ1) is 12.7. The molecule has 3 N–H and O–H groups in total. The predicted molar refractivity (Wildman–Crippen MR) is 64.7 cm³/mol. The molecule has 0 radical (unpaired) electrons. The Balaban J connectivity index is 2.27. The number of hydrogen-bond donors (Lipinski definition) is 3. The average molecular weight is 260 g/mol. The largest absolute Gasteiger partial charge is 0.384 e. The van der Waals surface area contributed by atoms with Crippen LogP contribution in [0.5, 0.6) is 0 Å². The Morgan fingerprint density at radius 3 is 3.05 bits per heavy atom. The Kier molecular flexibility index (Phi) is 3.85. The number of aromatic nitrogens is 3. The van der Waals surface area contributed by atoms with Crippen molar-refractivity contribution < 1.29 is 14.3 Å². The molecule has 7 heteroatoms. The smallest absolute Gasteiger partial charge is 0.277 e. The number of anilines is 1. The van der Waals surface area contributed by atoms with Crippen molar-refractivity contribution in [3.8, 4) is 11.8 Å². The van der Waals surface area contributed by atoms with Crippen molar-refractivity contribution in [3.63, 3.8) is 0 Å². The van der Waals surface area contributed by atoms with E-state index >= 15 is 0 Å². The zero-order valence-electron chi connectivity index (χ0n) is 9.64. The first-order valence-corrected chi connectivity index (χ1v) is 5.27. The van der Waals surface area contributed by atoms with E-state index in [1.54, 1.807) is 0 Å². The molecule has 0 atom stereocenters. The lowest BCUT2D eigenvalue weighted by molar-refractivity contribution is 0.102. The summed E-state index contributed by atoms with van der Waals surface area (Å²) in [5, 5.41) is 20.6. The molecule has 6 nitrogen and oxygen atoms in total. The molecule has 0 saturated carbocycles. The number of H-pyrrole nitrogens is 1. The minimum atomic E-state index is -0.493. The molecule has 1 amide bonds. The molecule has 1 aromatic carbocycles. The van der Waals surface area contributed by atoms with Crippen molar-refractivity contribution in [2.24, 2.45) is 0 Å². The van der Waals surface area contributed by atoms with Crippen LogP contribution in [0.1, 0.15) is 16.1 Å². The SMILES string of the molecule is O=C(Nc1ccc(F)cc1C#CCO)c1cn[nH]n1. The van der Waals surface area contributed by atoms with E-state index in [1.165, 1.54) is 24.4 Å². The number of nitrogens with zero attached hydrogens (tertiary/aromatic N) is 2. The quantitative estimate of drug-likeness (QED) is 0.687. The molecule has 2 aromatic rings. The number of amides is 1. The second kappa shape index (κ2) is 5.75. The molecule has 1 heterocycles. The number of carbonyl (C=O) groups excluding carboxylic acids is 1. The van der Waals surface area contributed by atoms with Crippen molar-refractivity contribution in [2.45, 2.75) is 0 Å². The molecule has 2 rings (SSSR count). The number of aromatic amines is 1. The van der Waals surface area contributed by atoms with Crippen LogP contribution < -0.4 is 5.32 Å². The van der Waals surface area contributed by atoms with Gasteiger partial charge in [-0.3, -0.25) is 4.79 Å². The molecule has 0 saturated heterocycles. The van der Waals surface area contributed by atoms with Crippen molar-refractivity contribution in [3.05, 3.63) is 41.5 Å². The van der Waals surface area contributed by atoms with E-state index in [4.69, 9.17) is 5.11 Å². The van der Waals surface area contributed by atoms with E-state index in [9.17, 15) is 9.18 Å². The Hall–Kier alpha value is -2.72. The van der Waals surface area contributed by atoms with Crippen molar-refractivity contribution in [1.29, 1.82) is 0 Å². The Labute approximate surface area is 107 Å². The van der Waals surface area contributed by atoms with Gasteiger partial charge in [-0.05, 0) is 18.2 Å². The fourth-order valence-electron chi connectivity index (χ4n) is 1.36. The van der Waals surface area contributed by atoms with Crippen molar-refractivity contribution in [2.75, 3.05) is 11.9 Å². The van der Waals surface area contributed by atoms with Gasteiger partial charge >= 0.3 is 0 Å². The van der Waals surface area contributed by atoms with Gasteiger partial charge in [0.05, 0.1) is 17.4 Å². The predicted octanol–water partition coefficient (Wildman–Crippen LogP) is 0.540. The van der Waals surface area contributed by atoms with E-state index in [0.717, 1.165) is 0 Å². The highest BCUT2D eigenvalue weighted by atomic mass is 19.1. The normalized spacial score (nSPS) is 9.58. The van der Waals surface area contributed by atoms with Gasteiger partial charge in [-0.2, -0.15) is 15.4 Å². The summed E-state index contributed by atoms with van der Waals surface area (Å²) < 4.78 is 13.1. The van der Waals surface area contributed by atoms with Crippen LogP contribution in [0.2, 0.25) is 0 Å². The van der Waals surface area contributed by atoms with Crippen LogP contribution in [-0.2, 0) is 0 Å². The van der Waals surface area contributed by atoms with Crippen LogP contribution in [0.4, 0.5) is 10.1 Å². The van der Waals surface area contributed by atoms with Crippen LogP contribution in [0.25, 0.3) is 0 Å². The van der Waals surface area contributed by atoms with E-state index in [-0.39, 0.29) is 17.9 Å². The standard InChI is InChI=1S/C12H9FN4O2/c13-9-3-4-10(8(6-9)2-1-5-18)15-12(19)11-7-14-17-16-11/h3-4,6-7,18H,5H2,(H,15,19)(H,14,16,17). The van der Waals surface area contributed by atoms with Gasteiger partial charge in [0, 0.05) is 0 Å². The second-order valence-corrected chi connectivity index (χ2v) is 3.46. The third-order valence-corrected chi connectivity index (χ3v) is 2.18. The van der Waals surface area contributed by atoms with Crippen LogP contribution >= 0.6 is 0 Å². The Morgan fingerprint density at radius 1 is 1.53 bits per heavy atom. The van der Waals surface area contributed by atoms with E-state index in [1.807, 2.05) is 0 Å². The number of hydrogen-bond acceptors (Lipinski definition) is 4. The molecule has 0 aliphatic rings. The molecular weight excluding hydrogens is 251 g/mol. The number of aliphatic hydroxyl groups is 1. The zero-order chi connectivity index (χ0) is 13.7. The third kappa shape index (κ3) is 3.14.